The van der Waals surface area contributed by atoms with Crippen LogP contribution in [0.1, 0.15) is 24.2 Å². The summed E-state index contributed by atoms with van der Waals surface area (Å²) in [5, 5.41) is 7.69. The summed E-state index contributed by atoms with van der Waals surface area (Å²) in [5.74, 6) is 0.935. The van der Waals surface area contributed by atoms with Gasteiger partial charge in [0, 0.05) is 51.7 Å². The number of hydrogen-bond acceptors (Lipinski definition) is 4. The molecule has 1 fully saturated rings. The molecule has 146 valence electrons. The van der Waals surface area contributed by atoms with Crippen LogP contribution in [0.5, 0.6) is 0 Å². The van der Waals surface area contributed by atoms with E-state index < -0.39 is 0 Å². The molecule has 1 atom stereocenters. The molecule has 2 aromatic rings. The Kier molecular flexibility index (Phi) is 6.34. The van der Waals surface area contributed by atoms with Crippen molar-refractivity contribution in [3.05, 3.63) is 47.8 Å². The van der Waals surface area contributed by atoms with Crippen molar-refractivity contribution < 1.29 is 4.74 Å². The third kappa shape index (κ3) is 5.01. The highest BCUT2D eigenvalue weighted by atomic mass is 16.5. The zero-order chi connectivity index (χ0) is 19.2. The van der Waals surface area contributed by atoms with Crippen LogP contribution < -0.4 is 10.2 Å². The molecule has 0 saturated carbocycles. The Labute approximate surface area is 161 Å². The van der Waals surface area contributed by atoms with E-state index in [2.05, 4.69) is 65.5 Å². The minimum atomic E-state index is 0.0216. The van der Waals surface area contributed by atoms with Crippen molar-refractivity contribution in [3.8, 4) is 0 Å². The van der Waals surface area contributed by atoms with Crippen LogP contribution in [0.4, 0.5) is 5.69 Å². The lowest BCUT2D eigenvalue weighted by atomic mass is 10.1. The lowest BCUT2D eigenvalue weighted by molar-refractivity contribution is -0.00805. The molecule has 3 rings (SSSR count). The largest absolute Gasteiger partial charge is 0.378 e. The van der Waals surface area contributed by atoms with Crippen LogP contribution >= 0.6 is 0 Å². The zero-order valence-corrected chi connectivity index (χ0v) is 16.7. The van der Waals surface area contributed by atoms with E-state index >= 15 is 0 Å². The fraction of sp³-hybridized carbons (Fsp3) is 0.500. The summed E-state index contributed by atoms with van der Waals surface area (Å²) in [7, 11) is 6.04. The monoisotopic (exact) mass is 370 g/mol. The van der Waals surface area contributed by atoms with Crippen LogP contribution in [0, 0.1) is 0 Å². The highest BCUT2D eigenvalue weighted by Crippen LogP contribution is 2.22. The van der Waals surface area contributed by atoms with Crippen molar-refractivity contribution >= 4 is 11.6 Å². The molecule has 1 unspecified atom stereocenters. The van der Waals surface area contributed by atoms with Crippen LogP contribution in [-0.2, 0) is 18.3 Å². The Morgan fingerprint density at radius 1 is 1.41 bits per heavy atom. The van der Waals surface area contributed by atoms with Crippen LogP contribution in [0.15, 0.2) is 41.7 Å². The number of benzene rings is 1. The van der Waals surface area contributed by atoms with Gasteiger partial charge in [0.1, 0.15) is 6.10 Å². The van der Waals surface area contributed by atoms with Gasteiger partial charge in [0.2, 0.25) is 0 Å². The van der Waals surface area contributed by atoms with Gasteiger partial charge < -0.3 is 19.9 Å². The van der Waals surface area contributed by atoms with Crippen LogP contribution in [0.2, 0.25) is 0 Å². The molecular weight excluding hydrogens is 340 g/mol. The van der Waals surface area contributed by atoms with Crippen molar-refractivity contribution in [1.82, 2.24) is 20.0 Å². The normalized spacial score (nSPS) is 17.9. The number of rotatable bonds is 5. The third-order valence-corrected chi connectivity index (χ3v) is 4.64. The van der Waals surface area contributed by atoms with Crippen LogP contribution in [0.3, 0.4) is 0 Å². The second-order valence-electron chi connectivity index (χ2n) is 6.99. The Morgan fingerprint density at radius 2 is 2.26 bits per heavy atom. The molecule has 0 spiro atoms. The smallest absolute Gasteiger partial charge is 0.194 e. The summed E-state index contributed by atoms with van der Waals surface area (Å²) in [6.07, 6.45) is 3.92. The minimum Gasteiger partial charge on any atom is -0.378 e. The average Bonchev–Trinajstić information content (AvgIpc) is 3.12. The quantitative estimate of drug-likeness (QED) is 0.645. The van der Waals surface area contributed by atoms with Gasteiger partial charge >= 0.3 is 0 Å². The lowest BCUT2D eigenvalue weighted by Gasteiger charge is -2.34. The van der Waals surface area contributed by atoms with Crippen molar-refractivity contribution in [2.45, 2.75) is 19.6 Å². The summed E-state index contributed by atoms with van der Waals surface area (Å²) in [4.78, 5) is 9.27. The van der Waals surface area contributed by atoms with Gasteiger partial charge in [0.15, 0.2) is 5.96 Å². The fourth-order valence-corrected chi connectivity index (χ4v) is 3.17. The summed E-state index contributed by atoms with van der Waals surface area (Å²) in [6.45, 7) is 5.88. The number of nitrogens with zero attached hydrogens (tertiary/aromatic N) is 5. The molecule has 2 heterocycles. The molecule has 7 heteroatoms. The standard InChI is InChI=1S/C20H30N6O/c1-5-21-20(22-12-16-7-6-8-18(11-16)24(2)3)26-9-10-27-19(15-26)17-13-23-25(4)14-17/h6-8,11,13-14,19H,5,9-10,12,15H2,1-4H3,(H,21,22). The minimum absolute atomic E-state index is 0.0216. The van der Waals surface area contributed by atoms with Crippen LogP contribution in [-0.4, -0.2) is 61.0 Å². The molecular formula is C20H30N6O. The molecule has 1 aliphatic heterocycles. The van der Waals surface area contributed by atoms with E-state index in [1.165, 1.54) is 11.3 Å². The van der Waals surface area contributed by atoms with Gasteiger partial charge in [0.05, 0.1) is 25.9 Å². The number of anilines is 1. The molecule has 0 radical (unpaired) electrons. The molecule has 1 N–H and O–H groups in total. The number of nitrogens with one attached hydrogen (secondary N) is 1. The molecule has 7 nitrogen and oxygen atoms in total. The zero-order valence-electron chi connectivity index (χ0n) is 16.7. The first-order chi connectivity index (χ1) is 13.1. The number of ether oxygens (including phenoxy) is 1. The maximum absolute atomic E-state index is 5.96. The summed E-state index contributed by atoms with van der Waals surface area (Å²) < 4.78 is 7.77. The summed E-state index contributed by atoms with van der Waals surface area (Å²) in [5.41, 5.74) is 3.50. The van der Waals surface area contributed by atoms with Crippen molar-refractivity contribution in [2.24, 2.45) is 12.0 Å². The van der Waals surface area contributed by atoms with Gasteiger partial charge in [-0.15, -0.1) is 0 Å². The molecule has 1 saturated heterocycles. The SMILES string of the molecule is CCNC(=NCc1cccc(N(C)C)c1)N1CCOC(c2cnn(C)c2)C1. The maximum Gasteiger partial charge on any atom is 0.194 e. The Balaban J connectivity index is 1.72. The molecule has 0 amide bonds. The van der Waals surface area contributed by atoms with Crippen LogP contribution in [0.25, 0.3) is 0 Å². The number of aliphatic imine (C=N–C) groups is 1. The first kappa shape index (κ1) is 19.2. The van der Waals surface area contributed by atoms with E-state index in [-0.39, 0.29) is 6.10 Å². The lowest BCUT2D eigenvalue weighted by Crippen LogP contribution is -2.48. The van der Waals surface area contributed by atoms with Crippen molar-refractivity contribution in [1.29, 1.82) is 0 Å². The van der Waals surface area contributed by atoms with Crippen molar-refractivity contribution in [2.75, 3.05) is 45.2 Å². The fourth-order valence-electron chi connectivity index (χ4n) is 3.17. The van der Waals surface area contributed by atoms with E-state index in [1.54, 1.807) is 0 Å². The van der Waals surface area contributed by atoms with Gasteiger partial charge in [-0.3, -0.25) is 4.68 Å². The molecule has 1 aliphatic rings. The first-order valence-electron chi connectivity index (χ1n) is 9.46. The Bertz CT molecular complexity index is 769. The second kappa shape index (κ2) is 8.90. The summed E-state index contributed by atoms with van der Waals surface area (Å²) >= 11 is 0. The van der Waals surface area contributed by atoms with E-state index in [1.807, 2.05) is 24.1 Å². The predicted molar refractivity (Wildman–Crippen MR) is 109 cm³/mol. The molecule has 0 bridgehead atoms. The van der Waals surface area contributed by atoms with Crippen molar-refractivity contribution in [3.63, 3.8) is 0 Å². The van der Waals surface area contributed by atoms with E-state index in [9.17, 15) is 0 Å². The Hall–Kier alpha value is -2.54. The van der Waals surface area contributed by atoms with Gasteiger partial charge in [-0.05, 0) is 24.6 Å². The highest BCUT2D eigenvalue weighted by Gasteiger charge is 2.25. The highest BCUT2D eigenvalue weighted by molar-refractivity contribution is 5.80. The molecule has 0 aliphatic carbocycles. The van der Waals surface area contributed by atoms with Gasteiger partial charge in [-0.25, -0.2) is 4.99 Å². The van der Waals surface area contributed by atoms with Gasteiger partial charge in [-0.1, -0.05) is 12.1 Å². The second-order valence-corrected chi connectivity index (χ2v) is 6.99. The topological polar surface area (TPSA) is 57.9 Å². The van der Waals surface area contributed by atoms with E-state index in [0.29, 0.717) is 13.2 Å². The molecule has 1 aromatic carbocycles. The number of aryl methyl sites for hydroxylation is 1. The van der Waals surface area contributed by atoms with E-state index in [4.69, 9.17) is 9.73 Å². The number of aromatic nitrogens is 2. The van der Waals surface area contributed by atoms with Gasteiger partial charge in [0.25, 0.3) is 0 Å². The molecule has 1 aromatic heterocycles. The van der Waals surface area contributed by atoms with E-state index in [0.717, 1.165) is 31.2 Å². The third-order valence-electron chi connectivity index (χ3n) is 4.64. The Morgan fingerprint density at radius 3 is 2.96 bits per heavy atom. The predicted octanol–water partition coefficient (Wildman–Crippen LogP) is 2.03. The van der Waals surface area contributed by atoms with Gasteiger partial charge in [-0.2, -0.15) is 5.10 Å². The first-order valence-corrected chi connectivity index (χ1v) is 9.46. The molecule has 27 heavy (non-hydrogen) atoms. The maximum atomic E-state index is 5.96. The number of morpholine rings is 1. The number of guanidine groups is 1. The number of hydrogen-bond donors (Lipinski definition) is 1. The average molecular weight is 371 g/mol. The summed E-state index contributed by atoms with van der Waals surface area (Å²) in [6, 6.07) is 8.50.